The van der Waals surface area contributed by atoms with Crippen LogP contribution in [0.2, 0.25) is 0 Å². The van der Waals surface area contributed by atoms with Gasteiger partial charge in [-0.3, -0.25) is 14.5 Å². The lowest BCUT2D eigenvalue weighted by Gasteiger charge is -2.31. The Balaban J connectivity index is 1.42. The normalized spacial score (nSPS) is 15.4. The Kier molecular flexibility index (Phi) is 6.86. The van der Waals surface area contributed by atoms with E-state index < -0.39 is 11.8 Å². The van der Waals surface area contributed by atoms with E-state index in [1.165, 1.54) is 4.88 Å². The van der Waals surface area contributed by atoms with Gasteiger partial charge in [0.1, 0.15) is 0 Å². The van der Waals surface area contributed by atoms with Gasteiger partial charge in [-0.05, 0) is 75.2 Å². The molecule has 1 aliphatic rings. The zero-order valence-corrected chi connectivity index (χ0v) is 17.7. The van der Waals surface area contributed by atoms with Crippen molar-refractivity contribution in [3.8, 4) is 0 Å². The summed E-state index contributed by atoms with van der Waals surface area (Å²) in [7, 11) is 0. The van der Waals surface area contributed by atoms with Crippen LogP contribution in [-0.2, 0) is 16.1 Å². The molecule has 2 heterocycles. The summed E-state index contributed by atoms with van der Waals surface area (Å²) >= 11 is 1.79. The van der Waals surface area contributed by atoms with Crippen LogP contribution in [-0.4, -0.2) is 36.3 Å². The van der Waals surface area contributed by atoms with Gasteiger partial charge in [-0.1, -0.05) is 23.8 Å². The van der Waals surface area contributed by atoms with Crippen LogP contribution < -0.4 is 10.6 Å². The van der Waals surface area contributed by atoms with Crippen LogP contribution in [0.3, 0.4) is 0 Å². The predicted octanol–water partition coefficient (Wildman–Crippen LogP) is 3.64. The maximum absolute atomic E-state index is 12.3. The maximum atomic E-state index is 12.3. The number of hydrogen-bond acceptors (Lipinski definition) is 4. The average Bonchev–Trinajstić information content (AvgIpc) is 3.16. The monoisotopic (exact) mass is 399 g/mol. The summed E-state index contributed by atoms with van der Waals surface area (Å²) in [6, 6.07) is 8.27. The van der Waals surface area contributed by atoms with E-state index in [2.05, 4.69) is 33.0 Å². The van der Waals surface area contributed by atoms with Crippen LogP contribution in [0.4, 0.5) is 5.69 Å². The molecule has 0 unspecified atom stereocenters. The zero-order chi connectivity index (χ0) is 20.1. The molecule has 2 amide bonds. The number of rotatable bonds is 5. The molecule has 1 aromatic heterocycles. The van der Waals surface area contributed by atoms with Crippen molar-refractivity contribution in [1.82, 2.24) is 10.2 Å². The third-order valence-corrected chi connectivity index (χ3v) is 6.20. The van der Waals surface area contributed by atoms with Crippen molar-refractivity contribution < 1.29 is 9.59 Å². The van der Waals surface area contributed by atoms with E-state index >= 15 is 0 Å². The number of amides is 2. The van der Waals surface area contributed by atoms with E-state index in [0.717, 1.165) is 54.9 Å². The number of thiophene rings is 1. The Labute approximate surface area is 171 Å². The largest absolute Gasteiger partial charge is 0.348 e. The zero-order valence-electron chi connectivity index (χ0n) is 16.9. The summed E-state index contributed by atoms with van der Waals surface area (Å²) in [5, 5.41) is 7.70. The van der Waals surface area contributed by atoms with Crippen LogP contribution >= 0.6 is 11.3 Å². The van der Waals surface area contributed by atoms with Crippen molar-refractivity contribution >= 4 is 28.8 Å². The Morgan fingerprint density at radius 1 is 1.11 bits per heavy atom. The second-order valence-electron chi connectivity index (χ2n) is 7.74. The number of carbonyl (C=O) groups is 2. The molecule has 0 atom stereocenters. The minimum Gasteiger partial charge on any atom is -0.348 e. The molecule has 2 aromatic rings. The van der Waals surface area contributed by atoms with Gasteiger partial charge in [-0.25, -0.2) is 0 Å². The minimum atomic E-state index is -0.592. The molecule has 0 saturated carbocycles. The molecule has 2 N–H and O–H groups in total. The van der Waals surface area contributed by atoms with Gasteiger partial charge in [0.05, 0.1) is 0 Å². The molecule has 0 spiro atoms. The van der Waals surface area contributed by atoms with Crippen molar-refractivity contribution in [2.24, 2.45) is 5.92 Å². The highest BCUT2D eigenvalue weighted by Gasteiger charge is 2.22. The van der Waals surface area contributed by atoms with Gasteiger partial charge in [0, 0.05) is 23.7 Å². The highest BCUT2D eigenvalue weighted by Crippen LogP contribution is 2.22. The number of benzene rings is 1. The number of aryl methyl sites for hydroxylation is 3. The molecule has 0 bridgehead atoms. The lowest BCUT2D eigenvalue weighted by atomic mass is 9.96. The first-order valence-electron chi connectivity index (χ1n) is 9.84. The minimum absolute atomic E-state index is 0.430. The summed E-state index contributed by atoms with van der Waals surface area (Å²) in [6.45, 7) is 9.54. The van der Waals surface area contributed by atoms with Crippen LogP contribution in [0.25, 0.3) is 0 Å². The predicted molar refractivity (Wildman–Crippen MR) is 115 cm³/mol. The first kappa shape index (κ1) is 20.6. The highest BCUT2D eigenvalue weighted by molar-refractivity contribution is 7.09. The third kappa shape index (κ3) is 5.42. The first-order chi connectivity index (χ1) is 13.4. The highest BCUT2D eigenvalue weighted by atomic mass is 32.1. The summed E-state index contributed by atoms with van der Waals surface area (Å²) in [5.41, 5.74) is 3.81. The van der Waals surface area contributed by atoms with Crippen LogP contribution in [0.15, 0.2) is 29.6 Å². The SMILES string of the molecule is Cc1cc(C)c(NC(=O)C(=O)NCC2CCN(Cc3cccs3)CC2)c(C)c1. The average molecular weight is 400 g/mol. The Morgan fingerprint density at radius 3 is 2.39 bits per heavy atom. The van der Waals surface area contributed by atoms with E-state index in [1.807, 2.05) is 32.9 Å². The molecule has 28 heavy (non-hydrogen) atoms. The quantitative estimate of drug-likeness (QED) is 0.755. The van der Waals surface area contributed by atoms with Gasteiger partial charge < -0.3 is 10.6 Å². The molecule has 3 rings (SSSR count). The molecular weight excluding hydrogens is 370 g/mol. The summed E-state index contributed by atoms with van der Waals surface area (Å²) < 4.78 is 0. The van der Waals surface area contributed by atoms with Crippen molar-refractivity contribution in [2.45, 2.75) is 40.2 Å². The van der Waals surface area contributed by atoms with Gasteiger partial charge in [0.15, 0.2) is 0 Å². The van der Waals surface area contributed by atoms with E-state index in [-0.39, 0.29) is 0 Å². The van der Waals surface area contributed by atoms with Gasteiger partial charge in [0.25, 0.3) is 0 Å². The van der Waals surface area contributed by atoms with Gasteiger partial charge in [-0.2, -0.15) is 0 Å². The first-order valence-corrected chi connectivity index (χ1v) is 10.7. The van der Waals surface area contributed by atoms with Crippen LogP contribution in [0, 0.1) is 26.7 Å². The third-order valence-electron chi connectivity index (χ3n) is 5.34. The number of nitrogens with zero attached hydrogens (tertiary/aromatic N) is 1. The lowest BCUT2D eigenvalue weighted by Crippen LogP contribution is -2.41. The van der Waals surface area contributed by atoms with E-state index in [4.69, 9.17) is 0 Å². The summed E-state index contributed by atoms with van der Waals surface area (Å²) in [5.74, 6) is -0.718. The second-order valence-corrected chi connectivity index (χ2v) is 8.77. The van der Waals surface area contributed by atoms with Crippen molar-refractivity contribution in [3.05, 3.63) is 51.2 Å². The fourth-order valence-corrected chi connectivity index (χ4v) is 4.58. The standard InChI is InChI=1S/C22H29N3O2S/c1-15-11-16(2)20(17(3)12-15)24-22(27)21(26)23-13-18-6-8-25(9-7-18)14-19-5-4-10-28-19/h4-5,10-12,18H,6-9,13-14H2,1-3H3,(H,23,26)(H,24,27). The van der Waals surface area contributed by atoms with E-state index in [0.29, 0.717) is 12.5 Å². The molecule has 6 heteroatoms. The summed E-state index contributed by atoms with van der Waals surface area (Å²) in [4.78, 5) is 28.3. The molecule has 1 aliphatic heterocycles. The molecule has 1 fully saturated rings. The van der Waals surface area contributed by atoms with Crippen molar-refractivity contribution in [1.29, 1.82) is 0 Å². The van der Waals surface area contributed by atoms with Gasteiger partial charge in [0.2, 0.25) is 0 Å². The topological polar surface area (TPSA) is 61.4 Å². The van der Waals surface area contributed by atoms with Gasteiger partial charge >= 0.3 is 11.8 Å². The van der Waals surface area contributed by atoms with Crippen molar-refractivity contribution in [3.63, 3.8) is 0 Å². The molecule has 1 aromatic carbocycles. The molecule has 0 aliphatic carbocycles. The number of anilines is 1. The Hall–Kier alpha value is -2.18. The second kappa shape index (κ2) is 9.34. The van der Waals surface area contributed by atoms with E-state index in [1.54, 1.807) is 11.3 Å². The van der Waals surface area contributed by atoms with Crippen LogP contribution in [0.5, 0.6) is 0 Å². The maximum Gasteiger partial charge on any atom is 0.313 e. The van der Waals surface area contributed by atoms with Gasteiger partial charge in [-0.15, -0.1) is 11.3 Å². The fraction of sp³-hybridized carbons (Fsp3) is 0.455. The number of nitrogens with one attached hydrogen (secondary N) is 2. The Morgan fingerprint density at radius 2 is 1.79 bits per heavy atom. The van der Waals surface area contributed by atoms with E-state index in [9.17, 15) is 9.59 Å². The number of hydrogen-bond donors (Lipinski definition) is 2. The fourth-order valence-electron chi connectivity index (χ4n) is 3.84. The number of likely N-dealkylation sites (tertiary alicyclic amines) is 1. The van der Waals surface area contributed by atoms with Crippen LogP contribution in [0.1, 0.15) is 34.4 Å². The molecule has 1 saturated heterocycles. The summed E-state index contributed by atoms with van der Waals surface area (Å²) in [6.07, 6.45) is 2.09. The molecule has 5 nitrogen and oxygen atoms in total. The lowest BCUT2D eigenvalue weighted by molar-refractivity contribution is -0.136. The number of carbonyl (C=O) groups excluding carboxylic acids is 2. The molecule has 0 radical (unpaired) electrons. The van der Waals surface area contributed by atoms with Crippen molar-refractivity contribution in [2.75, 3.05) is 25.0 Å². The Bertz CT molecular complexity index is 801. The number of piperidine rings is 1. The molecular formula is C22H29N3O2S. The molecule has 150 valence electrons. The smallest absolute Gasteiger partial charge is 0.313 e.